The molecule has 2 atom stereocenters. The second kappa shape index (κ2) is 5.67. The molecule has 0 saturated carbocycles. The van der Waals surface area contributed by atoms with E-state index in [9.17, 15) is 12.8 Å². The van der Waals surface area contributed by atoms with Crippen LogP contribution in [-0.4, -0.2) is 25.1 Å². The molecule has 1 aliphatic rings. The Labute approximate surface area is 137 Å². The molecule has 1 aromatic carbocycles. The smallest absolute Gasteiger partial charge is 0.223 e. The van der Waals surface area contributed by atoms with Gasteiger partial charge in [0, 0.05) is 16.4 Å². The van der Waals surface area contributed by atoms with Crippen LogP contribution in [0.2, 0.25) is 0 Å². The molecule has 1 aliphatic heterocycles. The van der Waals surface area contributed by atoms with Crippen molar-refractivity contribution in [2.24, 2.45) is 15.8 Å². The zero-order valence-electron chi connectivity index (χ0n) is 14.4. The minimum absolute atomic E-state index is 0.0244. The van der Waals surface area contributed by atoms with Gasteiger partial charge in [0.1, 0.15) is 5.82 Å². The molecule has 128 valence electrons. The van der Waals surface area contributed by atoms with Crippen LogP contribution >= 0.6 is 0 Å². The minimum Gasteiger partial charge on any atom is -0.336 e. The fraction of sp³-hybridized carbons (Fsp3) is 0.588. The maximum absolute atomic E-state index is 13.2. The topological polar surface area (TPSA) is 55.7 Å². The molecule has 0 aliphatic carbocycles. The van der Waals surface area contributed by atoms with E-state index in [1.807, 2.05) is 41.5 Å². The number of hydrogen-bond donors (Lipinski definition) is 0. The van der Waals surface area contributed by atoms with Crippen LogP contribution in [0.3, 0.4) is 0 Å². The Balaban J connectivity index is 2.64. The van der Waals surface area contributed by atoms with Crippen LogP contribution < -0.4 is 0 Å². The fourth-order valence-electron chi connectivity index (χ4n) is 2.40. The van der Waals surface area contributed by atoms with E-state index in [0.29, 0.717) is 5.56 Å². The molecule has 0 saturated heterocycles. The van der Waals surface area contributed by atoms with E-state index in [0.717, 1.165) is 0 Å². The number of sulfone groups is 1. The first kappa shape index (κ1) is 18.1. The third-order valence-electron chi connectivity index (χ3n) is 3.58. The van der Waals surface area contributed by atoms with E-state index >= 15 is 0 Å². The number of aliphatic imine (C=N–C) groups is 1. The van der Waals surface area contributed by atoms with Gasteiger partial charge in [0.05, 0.1) is 0 Å². The van der Waals surface area contributed by atoms with Crippen LogP contribution in [0, 0.1) is 16.6 Å². The normalized spacial score (nSPS) is 25.1. The molecule has 0 spiro atoms. The van der Waals surface area contributed by atoms with E-state index in [4.69, 9.17) is 4.74 Å². The first-order valence-corrected chi connectivity index (χ1v) is 9.11. The maximum Gasteiger partial charge on any atom is 0.223 e. The number of benzene rings is 1. The Morgan fingerprint density at radius 1 is 1.00 bits per heavy atom. The third-order valence-corrected chi connectivity index (χ3v) is 5.84. The predicted octanol–water partition coefficient (Wildman–Crippen LogP) is 3.76. The lowest BCUT2D eigenvalue weighted by Crippen LogP contribution is -2.49. The number of nitrogens with zero attached hydrogens (tertiary/aromatic N) is 1. The highest BCUT2D eigenvalue weighted by Crippen LogP contribution is 2.38. The largest absolute Gasteiger partial charge is 0.336 e. The van der Waals surface area contributed by atoms with Gasteiger partial charge in [-0.15, -0.1) is 0 Å². The van der Waals surface area contributed by atoms with Gasteiger partial charge in [0.2, 0.25) is 9.84 Å². The first-order chi connectivity index (χ1) is 10.3. The summed E-state index contributed by atoms with van der Waals surface area (Å²) in [4.78, 5) is 4.35. The summed E-state index contributed by atoms with van der Waals surface area (Å²) in [5, 5.41) is -0.0244. The van der Waals surface area contributed by atoms with Gasteiger partial charge in [-0.25, -0.2) is 17.8 Å². The summed E-state index contributed by atoms with van der Waals surface area (Å²) < 4.78 is 45.0. The van der Waals surface area contributed by atoms with Crippen molar-refractivity contribution in [1.82, 2.24) is 0 Å². The van der Waals surface area contributed by atoms with Gasteiger partial charge in [-0.05, 0) is 24.3 Å². The molecule has 23 heavy (non-hydrogen) atoms. The number of ether oxygens (including phenoxy) is 1. The monoisotopic (exact) mass is 341 g/mol. The minimum atomic E-state index is -3.78. The lowest BCUT2D eigenvalue weighted by atomic mass is 9.93. The summed E-state index contributed by atoms with van der Waals surface area (Å²) in [6.07, 6.45) is -0.588. The Morgan fingerprint density at radius 3 is 1.96 bits per heavy atom. The lowest BCUT2D eigenvalue weighted by molar-refractivity contribution is -0.0661. The average molecular weight is 341 g/mol. The number of hydrogen-bond acceptors (Lipinski definition) is 4. The number of halogens is 1. The number of rotatable bonds is 1. The quantitative estimate of drug-likeness (QED) is 0.781. The van der Waals surface area contributed by atoms with Gasteiger partial charge in [-0.3, -0.25) is 0 Å². The molecule has 0 N–H and O–H groups in total. The molecule has 0 bridgehead atoms. The molecule has 1 aromatic rings. The summed E-state index contributed by atoms with van der Waals surface area (Å²) in [5.41, 5.74) is -1.58. The molecule has 4 nitrogen and oxygen atoms in total. The van der Waals surface area contributed by atoms with Crippen molar-refractivity contribution in [3.05, 3.63) is 35.6 Å². The van der Waals surface area contributed by atoms with Crippen molar-refractivity contribution < 1.29 is 17.5 Å². The molecule has 6 heteroatoms. The van der Waals surface area contributed by atoms with Gasteiger partial charge < -0.3 is 4.74 Å². The molecular weight excluding hydrogens is 317 g/mol. The molecule has 0 radical (unpaired) electrons. The van der Waals surface area contributed by atoms with Crippen molar-refractivity contribution in [2.75, 3.05) is 0 Å². The van der Waals surface area contributed by atoms with E-state index in [2.05, 4.69) is 4.99 Å². The second-order valence-corrected chi connectivity index (χ2v) is 9.94. The third kappa shape index (κ3) is 3.63. The highest BCUT2D eigenvalue weighted by Gasteiger charge is 2.48. The standard InChI is InChI=1S/C17H24FNO3S/c1-16(2,3)14-19-13(11-7-9-12(18)10-8-11)23(20,21)15(22-14)17(4,5)6/h7-10,14-15H,1-6H3. The summed E-state index contributed by atoms with van der Waals surface area (Å²) in [6, 6.07) is 5.36. The Morgan fingerprint density at radius 2 is 1.52 bits per heavy atom. The SMILES string of the molecule is CC(C)(C)C1N=C(c2ccc(F)cc2)S(=O)(=O)C(C(C)(C)C)O1. The zero-order chi connectivity index (χ0) is 17.6. The van der Waals surface area contributed by atoms with Crippen LogP contribution in [0.5, 0.6) is 0 Å². The maximum atomic E-state index is 13.2. The van der Waals surface area contributed by atoms with E-state index < -0.39 is 32.7 Å². The van der Waals surface area contributed by atoms with Crippen molar-refractivity contribution in [3.63, 3.8) is 0 Å². The molecule has 1 heterocycles. The van der Waals surface area contributed by atoms with Gasteiger partial charge in [-0.2, -0.15) is 0 Å². The van der Waals surface area contributed by atoms with Crippen LogP contribution in [-0.2, 0) is 14.6 Å². The molecular formula is C17H24FNO3S. The van der Waals surface area contributed by atoms with Gasteiger partial charge >= 0.3 is 0 Å². The average Bonchev–Trinajstić information content (AvgIpc) is 2.36. The molecule has 0 aromatic heterocycles. The molecule has 2 unspecified atom stereocenters. The highest BCUT2D eigenvalue weighted by molar-refractivity contribution is 8.07. The highest BCUT2D eigenvalue weighted by atomic mass is 32.2. The first-order valence-electron chi connectivity index (χ1n) is 7.56. The second-order valence-electron chi connectivity index (χ2n) is 8.04. The van der Waals surface area contributed by atoms with E-state index in [-0.39, 0.29) is 10.5 Å². The fourth-order valence-corrected chi connectivity index (χ4v) is 4.49. The van der Waals surface area contributed by atoms with Crippen molar-refractivity contribution in [3.8, 4) is 0 Å². The summed E-state index contributed by atoms with van der Waals surface area (Å²) >= 11 is 0. The van der Waals surface area contributed by atoms with Crippen LogP contribution in [0.25, 0.3) is 0 Å². The Kier molecular flexibility index (Phi) is 4.45. The molecule has 0 amide bonds. The lowest BCUT2D eigenvalue weighted by Gasteiger charge is -2.40. The summed E-state index contributed by atoms with van der Waals surface area (Å²) in [5.74, 6) is -0.418. The Hall–Kier alpha value is -1.27. The van der Waals surface area contributed by atoms with E-state index in [1.165, 1.54) is 24.3 Å². The van der Waals surface area contributed by atoms with Gasteiger partial charge in [0.25, 0.3) is 0 Å². The van der Waals surface area contributed by atoms with E-state index in [1.54, 1.807) is 0 Å². The summed E-state index contributed by atoms with van der Waals surface area (Å²) in [7, 11) is -3.78. The van der Waals surface area contributed by atoms with Crippen LogP contribution in [0.1, 0.15) is 47.1 Å². The molecule has 2 rings (SSSR count). The zero-order valence-corrected chi connectivity index (χ0v) is 15.2. The predicted molar refractivity (Wildman–Crippen MR) is 89.4 cm³/mol. The van der Waals surface area contributed by atoms with Crippen molar-refractivity contribution >= 4 is 14.9 Å². The summed E-state index contributed by atoms with van der Waals surface area (Å²) in [6.45, 7) is 11.3. The van der Waals surface area contributed by atoms with Gasteiger partial charge in [0.15, 0.2) is 16.7 Å². The Bertz CT molecular complexity index is 710. The van der Waals surface area contributed by atoms with Crippen LogP contribution in [0.4, 0.5) is 4.39 Å². The van der Waals surface area contributed by atoms with Crippen molar-refractivity contribution in [2.45, 2.75) is 53.2 Å². The molecule has 0 fully saturated rings. The van der Waals surface area contributed by atoms with Gasteiger partial charge in [-0.1, -0.05) is 41.5 Å². The van der Waals surface area contributed by atoms with Crippen LogP contribution in [0.15, 0.2) is 29.3 Å². The van der Waals surface area contributed by atoms with Crippen molar-refractivity contribution in [1.29, 1.82) is 0 Å².